The number of rotatable bonds is 6. The van der Waals surface area contributed by atoms with Crippen LogP contribution >= 0.6 is 0 Å². The van der Waals surface area contributed by atoms with Crippen molar-refractivity contribution in [3.63, 3.8) is 0 Å². The fraction of sp³-hybridized carbons (Fsp3) is 0.435. The van der Waals surface area contributed by atoms with Crippen LogP contribution < -0.4 is 5.32 Å². The van der Waals surface area contributed by atoms with Crippen molar-refractivity contribution in [2.45, 2.75) is 20.8 Å². The van der Waals surface area contributed by atoms with Gasteiger partial charge in [-0.05, 0) is 35.9 Å². The standard InChI is InChI=1S/C23H30N6O/c1-16(2)14-28-6-8-29(9-7-28)15-23(30)26-22-11-20-10-18(4-5-19(20)12-24-22)21-13-25-27-17(21)3/h4-5,10-13,16H,6-9,14-15H2,1-3H3,(H,25,27)(H,24,26,30). The number of carbonyl (C=O) groups is 1. The van der Waals surface area contributed by atoms with E-state index >= 15 is 0 Å². The zero-order valence-corrected chi connectivity index (χ0v) is 18.0. The lowest BCUT2D eigenvalue weighted by molar-refractivity contribution is -0.117. The minimum absolute atomic E-state index is 0.0130. The van der Waals surface area contributed by atoms with Crippen LogP contribution in [-0.2, 0) is 4.79 Å². The molecule has 1 aliphatic rings. The fourth-order valence-electron chi connectivity index (χ4n) is 4.05. The molecule has 3 aromatic rings. The maximum atomic E-state index is 12.6. The number of hydrogen-bond donors (Lipinski definition) is 2. The van der Waals surface area contributed by atoms with Gasteiger partial charge in [-0.2, -0.15) is 5.10 Å². The summed E-state index contributed by atoms with van der Waals surface area (Å²) in [7, 11) is 0. The normalized spacial score (nSPS) is 15.7. The van der Waals surface area contributed by atoms with Crippen molar-refractivity contribution >= 4 is 22.5 Å². The SMILES string of the molecule is Cc1[nH]ncc1-c1ccc2cnc(NC(=O)CN3CCN(CC(C)C)CC3)cc2c1. The van der Waals surface area contributed by atoms with Gasteiger partial charge in [0.15, 0.2) is 0 Å². The number of pyridine rings is 1. The highest BCUT2D eigenvalue weighted by atomic mass is 16.2. The minimum atomic E-state index is -0.0130. The van der Waals surface area contributed by atoms with Gasteiger partial charge in [-0.3, -0.25) is 14.8 Å². The molecule has 4 rings (SSSR count). The zero-order valence-electron chi connectivity index (χ0n) is 18.0. The number of amides is 1. The van der Waals surface area contributed by atoms with E-state index in [0.717, 1.165) is 60.3 Å². The number of piperazine rings is 1. The third kappa shape index (κ3) is 4.86. The van der Waals surface area contributed by atoms with Gasteiger partial charge in [0.05, 0.1) is 12.7 Å². The Kier molecular flexibility index (Phi) is 6.11. The second-order valence-electron chi connectivity index (χ2n) is 8.56. The summed E-state index contributed by atoms with van der Waals surface area (Å²) < 4.78 is 0. The molecule has 2 aromatic heterocycles. The van der Waals surface area contributed by atoms with E-state index in [-0.39, 0.29) is 5.91 Å². The van der Waals surface area contributed by atoms with E-state index < -0.39 is 0 Å². The van der Waals surface area contributed by atoms with Gasteiger partial charge >= 0.3 is 0 Å². The molecule has 0 radical (unpaired) electrons. The number of nitrogens with one attached hydrogen (secondary N) is 2. The number of hydrogen-bond acceptors (Lipinski definition) is 5. The predicted octanol–water partition coefficient (Wildman–Crippen LogP) is 3.15. The summed E-state index contributed by atoms with van der Waals surface area (Å²) >= 11 is 0. The van der Waals surface area contributed by atoms with E-state index in [1.54, 1.807) is 0 Å². The van der Waals surface area contributed by atoms with Gasteiger partial charge < -0.3 is 10.2 Å². The molecule has 30 heavy (non-hydrogen) atoms. The number of carbonyl (C=O) groups excluding carboxylic acids is 1. The van der Waals surface area contributed by atoms with Crippen LogP contribution in [0.15, 0.2) is 36.7 Å². The highest BCUT2D eigenvalue weighted by molar-refractivity contribution is 5.94. The smallest absolute Gasteiger partial charge is 0.239 e. The van der Waals surface area contributed by atoms with Crippen LogP contribution in [0.1, 0.15) is 19.5 Å². The third-order valence-electron chi connectivity index (χ3n) is 5.59. The largest absolute Gasteiger partial charge is 0.310 e. The van der Waals surface area contributed by atoms with Crippen molar-refractivity contribution in [3.05, 3.63) is 42.4 Å². The molecule has 1 amide bonds. The summed E-state index contributed by atoms with van der Waals surface area (Å²) in [6, 6.07) is 8.16. The zero-order chi connectivity index (χ0) is 21.1. The molecule has 0 bridgehead atoms. The first-order chi connectivity index (χ1) is 14.5. The van der Waals surface area contributed by atoms with Gasteiger partial charge in [0.1, 0.15) is 5.82 Å². The quantitative estimate of drug-likeness (QED) is 0.658. The molecule has 1 fully saturated rings. The molecule has 0 aliphatic carbocycles. The van der Waals surface area contributed by atoms with Crippen LogP contribution in [0.4, 0.5) is 5.82 Å². The second-order valence-corrected chi connectivity index (χ2v) is 8.56. The predicted molar refractivity (Wildman–Crippen MR) is 120 cm³/mol. The molecule has 1 aliphatic heterocycles. The number of fused-ring (bicyclic) bond motifs is 1. The maximum absolute atomic E-state index is 12.6. The Bertz CT molecular complexity index is 1020. The summed E-state index contributed by atoms with van der Waals surface area (Å²) in [6.07, 6.45) is 3.64. The molecular formula is C23H30N6O. The molecule has 7 heteroatoms. The number of aromatic nitrogens is 3. The van der Waals surface area contributed by atoms with Gasteiger partial charge in [-0.25, -0.2) is 4.98 Å². The molecule has 1 saturated heterocycles. The van der Waals surface area contributed by atoms with E-state index in [0.29, 0.717) is 18.3 Å². The van der Waals surface area contributed by atoms with Crippen molar-refractivity contribution in [2.24, 2.45) is 5.92 Å². The number of H-pyrrole nitrogens is 1. The van der Waals surface area contributed by atoms with E-state index in [9.17, 15) is 4.79 Å². The topological polar surface area (TPSA) is 77.1 Å². The van der Waals surface area contributed by atoms with Gasteiger partial charge in [0, 0.05) is 55.6 Å². The first kappa shape index (κ1) is 20.5. The fourth-order valence-corrected chi connectivity index (χ4v) is 4.05. The van der Waals surface area contributed by atoms with Crippen LogP contribution in [0.3, 0.4) is 0 Å². The molecule has 0 unspecified atom stereocenters. The van der Waals surface area contributed by atoms with Crippen molar-refractivity contribution in [3.8, 4) is 11.1 Å². The summed E-state index contributed by atoms with van der Waals surface area (Å²) in [4.78, 5) is 21.7. The number of aryl methyl sites for hydroxylation is 1. The van der Waals surface area contributed by atoms with Crippen LogP contribution in [0.2, 0.25) is 0 Å². The highest BCUT2D eigenvalue weighted by Gasteiger charge is 2.19. The first-order valence-corrected chi connectivity index (χ1v) is 10.6. The molecule has 7 nitrogen and oxygen atoms in total. The van der Waals surface area contributed by atoms with Crippen LogP contribution in [0, 0.1) is 12.8 Å². The number of aromatic amines is 1. The Morgan fingerprint density at radius 3 is 2.57 bits per heavy atom. The van der Waals surface area contributed by atoms with Crippen LogP contribution in [0.5, 0.6) is 0 Å². The summed E-state index contributed by atoms with van der Waals surface area (Å²) in [5, 5.41) is 12.1. The molecule has 2 N–H and O–H groups in total. The minimum Gasteiger partial charge on any atom is -0.310 e. The van der Waals surface area contributed by atoms with Crippen molar-refractivity contribution in [1.29, 1.82) is 0 Å². The number of benzene rings is 1. The van der Waals surface area contributed by atoms with E-state index in [4.69, 9.17) is 0 Å². The Morgan fingerprint density at radius 1 is 1.10 bits per heavy atom. The molecule has 3 heterocycles. The average Bonchev–Trinajstić information content (AvgIpc) is 3.14. The van der Waals surface area contributed by atoms with E-state index in [1.807, 2.05) is 31.5 Å². The summed E-state index contributed by atoms with van der Waals surface area (Å²) in [5.74, 6) is 1.25. The van der Waals surface area contributed by atoms with E-state index in [1.165, 1.54) is 0 Å². The Hall–Kier alpha value is -2.77. The monoisotopic (exact) mass is 406 g/mol. The van der Waals surface area contributed by atoms with Gasteiger partial charge in [-0.15, -0.1) is 0 Å². The second kappa shape index (κ2) is 8.93. The Balaban J connectivity index is 1.39. The van der Waals surface area contributed by atoms with Gasteiger partial charge in [0.25, 0.3) is 0 Å². The van der Waals surface area contributed by atoms with Gasteiger partial charge in [0.2, 0.25) is 5.91 Å². The van der Waals surface area contributed by atoms with Crippen molar-refractivity contribution < 1.29 is 4.79 Å². The molecule has 0 saturated carbocycles. The van der Waals surface area contributed by atoms with Crippen LogP contribution in [0.25, 0.3) is 21.9 Å². The Morgan fingerprint density at radius 2 is 1.87 bits per heavy atom. The Labute approximate surface area is 177 Å². The molecule has 0 spiro atoms. The molecule has 0 atom stereocenters. The van der Waals surface area contributed by atoms with Crippen molar-refractivity contribution in [2.75, 3.05) is 44.6 Å². The summed E-state index contributed by atoms with van der Waals surface area (Å²) in [5.41, 5.74) is 3.21. The molecule has 1 aromatic carbocycles. The van der Waals surface area contributed by atoms with Gasteiger partial charge in [-0.1, -0.05) is 26.0 Å². The first-order valence-electron chi connectivity index (χ1n) is 10.6. The number of anilines is 1. The highest BCUT2D eigenvalue weighted by Crippen LogP contribution is 2.26. The molecule has 158 valence electrons. The summed E-state index contributed by atoms with van der Waals surface area (Å²) in [6.45, 7) is 11.9. The lowest BCUT2D eigenvalue weighted by Gasteiger charge is -2.35. The lowest BCUT2D eigenvalue weighted by Crippen LogP contribution is -2.49. The average molecular weight is 407 g/mol. The number of nitrogens with zero attached hydrogens (tertiary/aromatic N) is 4. The van der Waals surface area contributed by atoms with Crippen molar-refractivity contribution in [1.82, 2.24) is 25.0 Å². The maximum Gasteiger partial charge on any atom is 0.239 e. The van der Waals surface area contributed by atoms with E-state index in [2.05, 4.69) is 56.3 Å². The third-order valence-corrected chi connectivity index (χ3v) is 5.59. The van der Waals surface area contributed by atoms with Crippen LogP contribution in [-0.4, -0.2) is 70.2 Å². The molecular weight excluding hydrogens is 376 g/mol. The lowest BCUT2D eigenvalue weighted by atomic mass is 10.0.